The molecule has 0 bridgehead atoms. The van der Waals surface area contributed by atoms with Gasteiger partial charge in [0.25, 0.3) is 11.1 Å². The summed E-state index contributed by atoms with van der Waals surface area (Å²) in [5.74, 6) is -0.715. The van der Waals surface area contributed by atoms with E-state index in [0.29, 0.717) is 16.4 Å². The molecule has 9 heteroatoms. The first-order chi connectivity index (χ1) is 14.1. The van der Waals surface area contributed by atoms with Crippen LogP contribution in [0, 0.1) is 6.92 Å². The number of nitrogens with one attached hydrogen (secondary N) is 2. The van der Waals surface area contributed by atoms with Crippen molar-refractivity contribution in [3.63, 3.8) is 0 Å². The third kappa shape index (κ3) is 4.30. The van der Waals surface area contributed by atoms with Crippen molar-refractivity contribution in [2.75, 3.05) is 5.75 Å². The number of fused-ring (bicyclic) bond motifs is 1. The van der Waals surface area contributed by atoms with Crippen LogP contribution in [0.4, 0.5) is 0 Å². The van der Waals surface area contributed by atoms with Crippen LogP contribution in [-0.4, -0.2) is 32.3 Å². The number of hydrazine groups is 1. The topological polar surface area (TPSA) is 102 Å². The molecule has 2 aromatic heterocycles. The number of para-hydroxylation sites is 2. The number of hydrogen-bond donors (Lipinski definition) is 2. The Morgan fingerprint density at radius 2 is 1.86 bits per heavy atom. The predicted octanol–water partition coefficient (Wildman–Crippen LogP) is 2.88. The zero-order chi connectivity index (χ0) is 20.2. The van der Waals surface area contributed by atoms with E-state index < -0.39 is 5.91 Å². The van der Waals surface area contributed by atoms with Crippen LogP contribution < -0.4 is 10.9 Å². The standard InChI is InChI=1S/C20H17N5O3S/c1-13-10-11-21-25(13)15-8-6-14(7-9-15)19(27)24-23-18(26)12-29-20-22-16-4-2-3-5-17(16)28-20/h2-11H,12H2,1H3,(H,23,26)(H,24,27). The summed E-state index contributed by atoms with van der Waals surface area (Å²) in [6.07, 6.45) is 1.71. The number of oxazole rings is 1. The molecule has 0 spiro atoms. The van der Waals surface area contributed by atoms with Gasteiger partial charge in [-0.15, -0.1) is 0 Å². The predicted molar refractivity (Wildman–Crippen MR) is 109 cm³/mol. The molecule has 29 heavy (non-hydrogen) atoms. The highest BCUT2D eigenvalue weighted by Crippen LogP contribution is 2.22. The SMILES string of the molecule is Cc1ccnn1-c1ccc(C(=O)NNC(=O)CSc2nc3ccccc3o2)cc1. The average Bonchev–Trinajstić information content (AvgIpc) is 3.36. The second-order valence-electron chi connectivity index (χ2n) is 6.17. The van der Waals surface area contributed by atoms with E-state index >= 15 is 0 Å². The van der Waals surface area contributed by atoms with Gasteiger partial charge < -0.3 is 4.42 Å². The Labute approximate surface area is 170 Å². The maximum absolute atomic E-state index is 12.2. The minimum atomic E-state index is -0.408. The van der Waals surface area contributed by atoms with Crippen molar-refractivity contribution in [3.05, 3.63) is 72.1 Å². The molecule has 2 amide bonds. The van der Waals surface area contributed by atoms with Gasteiger partial charge >= 0.3 is 0 Å². The summed E-state index contributed by atoms with van der Waals surface area (Å²) in [6, 6.07) is 16.2. The molecule has 0 aliphatic heterocycles. The lowest BCUT2D eigenvalue weighted by molar-refractivity contribution is -0.119. The lowest BCUT2D eigenvalue weighted by Crippen LogP contribution is -2.42. The largest absolute Gasteiger partial charge is 0.431 e. The summed E-state index contributed by atoms with van der Waals surface area (Å²) >= 11 is 1.15. The fourth-order valence-corrected chi connectivity index (χ4v) is 3.31. The number of aromatic nitrogens is 3. The third-order valence-corrected chi connectivity index (χ3v) is 4.95. The van der Waals surface area contributed by atoms with Crippen LogP contribution in [0.5, 0.6) is 0 Å². The van der Waals surface area contributed by atoms with Gasteiger partial charge in [0, 0.05) is 17.5 Å². The van der Waals surface area contributed by atoms with E-state index in [-0.39, 0.29) is 11.7 Å². The van der Waals surface area contributed by atoms with Crippen LogP contribution in [0.15, 0.2) is 70.4 Å². The Morgan fingerprint density at radius 1 is 1.07 bits per heavy atom. The number of carbonyl (C=O) groups is 2. The molecule has 146 valence electrons. The molecule has 0 saturated carbocycles. The molecule has 4 rings (SSSR count). The second-order valence-corrected chi connectivity index (χ2v) is 7.10. The maximum Gasteiger partial charge on any atom is 0.269 e. The Kier molecular flexibility index (Phi) is 5.30. The van der Waals surface area contributed by atoms with E-state index in [2.05, 4.69) is 20.9 Å². The molecule has 0 saturated heterocycles. The van der Waals surface area contributed by atoms with Gasteiger partial charge in [0.15, 0.2) is 5.58 Å². The van der Waals surface area contributed by atoms with Gasteiger partial charge in [-0.2, -0.15) is 5.10 Å². The van der Waals surface area contributed by atoms with Gasteiger partial charge in [0.05, 0.1) is 11.4 Å². The first-order valence-electron chi connectivity index (χ1n) is 8.79. The highest BCUT2D eigenvalue weighted by molar-refractivity contribution is 7.99. The smallest absolute Gasteiger partial charge is 0.269 e. The summed E-state index contributed by atoms with van der Waals surface area (Å²) in [5, 5.41) is 4.62. The molecule has 0 atom stereocenters. The van der Waals surface area contributed by atoms with Crippen molar-refractivity contribution in [1.82, 2.24) is 25.6 Å². The fraction of sp³-hybridized carbons (Fsp3) is 0.100. The monoisotopic (exact) mass is 407 g/mol. The number of nitrogens with zero attached hydrogens (tertiary/aromatic N) is 3. The molecule has 0 fully saturated rings. The van der Waals surface area contributed by atoms with Gasteiger partial charge in [-0.25, -0.2) is 9.67 Å². The number of carbonyl (C=O) groups excluding carboxylic acids is 2. The minimum absolute atomic E-state index is 0.0601. The summed E-state index contributed by atoms with van der Waals surface area (Å²) in [5.41, 5.74) is 8.45. The Hall–Kier alpha value is -3.59. The summed E-state index contributed by atoms with van der Waals surface area (Å²) in [4.78, 5) is 28.5. The van der Waals surface area contributed by atoms with E-state index in [0.717, 1.165) is 28.7 Å². The van der Waals surface area contributed by atoms with E-state index in [9.17, 15) is 9.59 Å². The molecule has 2 heterocycles. The van der Waals surface area contributed by atoms with E-state index in [1.165, 1.54) is 0 Å². The lowest BCUT2D eigenvalue weighted by atomic mass is 10.2. The van der Waals surface area contributed by atoms with Crippen molar-refractivity contribution in [2.24, 2.45) is 0 Å². The Bertz CT molecular complexity index is 1130. The summed E-state index contributed by atoms with van der Waals surface area (Å²) in [6.45, 7) is 1.95. The molecule has 0 aliphatic rings. The molecule has 0 aliphatic carbocycles. The fourth-order valence-electron chi connectivity index (χ4n) is 2.67. The van der Waals surface area contributed by atoms with Crippen LogP contribution in [-0.2, 0) is 4.79 Å². The van der Waals surface area contributed by atoms with Crippen LogP contribution >= 0.6 is 11.8 Å². The Balaban J connectivity index is 1.28. The van der Waals surface area contributed by atoms with Gasteiger partial charge in [0.1, 0.15) is 5.52 Å². The van der Waals surface area contributed by atoms with Gasteiger partial charge in [0.2, 0.25) is 5.91 Å². The van der Waals surface area contributed by atoms with Crippen molar-refractivity contribution < 1.29 is 14.0 Å². The molecule has 2 aromatic carbocycles. The van der Waals surface area contributed by atoms with E-state index in [1.807, 2.05) is 37.3 Å². The molecule has 2 N–H and O–H groups in total. The summed E-state index contributed by atoms with van der Waals surface area (Å²) < 4.78 is 7.31. The van der Waals surface area contributed by atoms with Gasteiger partial charge in [-0.1, -0.05) is 23.9 Å². The first kappa shape index (κ1) is 18.8. The number of amides is 2. The van der Waals surface area contributed by atoms with Crippen LogP contribution in [0.3, 0.4) is 0 Å². The first-order valence-corrected chi connectivity index (χ1v) is 9.77. The number of rotatable bonds is 5. The number of benzene rings is 2. The van der Waals surface area contributed by atoms with Crippen LogP contribution in [0.2, 0.25) is 0 Å². The Morgan fingerprint density at radius 3 is 2.59 bits per heavy atom. The van der Waals surface area contributed by atoms with E-state index in [1.54, 1.807) is 35.1 Å². The lowest BCUT2D eigenvalue weighted by Gasteiger charge is -2.08. The zero-order valence-corrected chi connectivity index (χ0v) is 16.3. The molecule has 4 aromatic rings. The van der Waals surface area contributed by atoms with Crippen LogP contribution in [0.25, 0.3) is 16.8 Å². The highest BCUT2D eigenvalue weighted by atomic mass is 32.2. The minimum Gasteiger partial charge on any atom is -0.431 e. The zero-order valence-electron chi connectivity index (χ0n) is 15.5. The average molecular weight is 407 g/mol. The van der Waals surface area contributed by atoms with Crippen molar-refractivity contribution in [1.29, 1.82) is 0 Å². The molecule has 0 radical (unpaired) electrons. The van der Waals surface area contributed by atoms with Crippen LogP contribution in [0.1, 0.15) is 16.1 Å². The molecule has 0 unspecified atom stereocenters. The molecular formula is C20H17N5O3S. The quantitative estimate of drug-likeness (QED) is 0.390. The number of aryl methyl sites for hydroxylation is 1. The van der Waals surface area contributed by atoms with Gasteiger partial charge in [-0.3, -0.25) is 20.4 Å². The summed E-state index contributed by atoms with van der Waals surface area (Å²) in [7, 11) is 0. The van der Waals surface area contributed by atoms with Crippen molar-refractivity contribution >= 4 is 34.7 Å². The molecule has 8 nitrogen and oxygen atoms in total. The normalized spacial score (nSPS) is 10.8. The second kappa shape index (κ2) is 8.19. The number of thioether (sulfide) groups is 1. The van der Waals surface area contributed by atoms with Crippen molar-refractivity contribution in [3.8, 4) is 5.69 Å². The van der Waals surface area contributed by atoms with Crippen molar-refractivity contribution in [2.45, 2.75) is 12.1 Å². The van der Waals surface area contributed by atoms with E-state index in [4.69, 9.17) is 4.42 Å². The molecular weight excluding hydrogens is 390 g/mol. The maximum atomic E-state index is 12.2. The highest BCUT2D eigenvalue weighted by Gasteiger charge is 2.11. The number of hydrogen-bond acceptors (Lipinski definition) is 6. The van der Waals surface area contributed by atoms with Gasteiger partial charge in [-0.05, 0) is 49.4 Å². The third-order valence-electron chi connectivity index (χ3n) is 4.12.